The number of ether oxygens (including phenoxy) is 1. The van der Waals surface area contributed by atoms with E-state index in [2.05, 4.69) is 0 Å². The number of nitrogens with two attached hydrogens (primary N) is 1. The summed E-state index contributed by atoms with van der Waals surface area (Å²) < 4.78 is 5.78. The minimum Gasteiger partial charge on any atom is -0.493 e. The first-order valence-corrected chi connectivity index (χ1v) is 6.18. The van der Waals surface area contributed by atoms with Crippen LogP contribution in [0.1, 0.15) is 25.8 Å². The third kappa shape index (κ3) is 1.94. The Morgan fingerprint density at radius 3 is 2.82 bits per heavy atom. The van der Waals surface area contributed by atoms with Crippen LogP contribution in [0, 0.1) is 5.41 Å². The number of hydrogen-bond acceptors (Lipinski definition) is 3. The zero-order valence-corrected chi connectivity index (χ0v) is 10.6. The lowest BCUT2D eigenvalue weighted by Gasteiger charge is -2.46. The van der Waals surface area contributed by atoms with Crippen LogP contribution < -0.4 is 10.5 Å². The molecule has 94 valence electrons. The SMILES string of the molecule is CCC(C)(O)C1(CN)COc2ccccc2C1. The van der Waals surface area contributed by atoms with Crippen molar-refractivity contribution in [2.24, 2.45) is 11.1 Å². The smallest absolute Gasteiger partial charge is 0.122 e. The summed E-state index contributed by atoms with van der Waals surface area (Å²) in [5, 5.41) is 10.6. The predicted octanol–water partition coefficient (Wildman–Crippen LogP) is 1.73. The molecule has 17 heavy (non-hydrogen) atoms. The normalized spacial score (nSPS) is 26.8. The van der Waals surface area contributed by atoms with Crippen molar-refractivity contribution in [1.29, 1.82) is 0 Å². The summed E-state index contributed by atoms with van der Waals surface area (Å²) in [6, 6.07) is 7.97. The lowest BCUT2D eigenvalue weighted by Crippen LogP contribution is -2.56. The highest BCUT2D eigenvalue weighted by atomic mass is 16.5. The Labute approximate surface area is 103 Å². The molecule has 0 amide bonds. The van der Waals surface area contributed by atoms with Crippen molar-refractivity contribution in [3.8, 4) is 5.75 Å². The van der Waals surface area contributed by atoms with E-state index in [-0.39, 0.29) is 5.41 Å². The Balaban J connectivity index is 2.36. The Kier molecular flexibility index (Phi) is 3.15. The number of aliphatic hydroxyl groups is 1. The van der Waals surface area contributed by atoms with Crippen LogP contribution in [0.4, 0.5) is 0 Å². The summed E-state index contributed by atoms with van der Waals surface area (Å²) in [6.45, 7) is 4.76. The average molecular weight is 235 g/mol. The van der Waals surface area contributed by atoms with Crippen LogP contribution in [0.2, 0.25) is 0 Å². The first-order chi connectivity index (χ1) is 8.04. The molecule has 0 aromatic heterocycles. The third-order valence-corrected chi connectivity index (χ3v) is 4.23. The van der Waals surface area contributed by atoms with Crippen LogP contribution in [0.15, 0.2) is 24.3 Å². The monoisotopic (exact) mass is 235 g/mol. The lowest BCUT2D eigenvalue weighted by atomic mass is 9.67. The zero-order chi connectivity index (χ0) is 12.5. The molecule has 0 saturated carbocycles. The van der Waals surface area contributed by atoms with E-state index < -0.39 is 5.60 Å². The van der Waals surface area contributed by atoms with Gasteiger partial charge in [-0.1, -0.05) is 25.1 Å². The van der Waals surface area contributed by atoms with E-state index >= 15 is 0 Å². The Bertz CT molecular complexity index is 403. The van der Waals surface area contributed by atoms with Crippen molar-refractivity contribution in [3.63, 3.8) is 0 Å². The fourth-order valence-electron chi connectivity index (χ4n) is 2.49. The van der Waals surface area contributed by atoms with Crippen LogP contribution in [0.3, 0.4) is 0 Å². The van der Waals surface area contributed by atoms with Gasteiger partial charge in [0.1, 0.15) is 5.75 Å². The first-order valence-electron chi connectivity index (χ1n) is 6.18. The van der Waals surface area contributed by atoms with Crippen LogP contribution in [-0.2, 0) is 6.42 Å². The van der Waals surface area contributed by atoms with Crippen LogP contribution in [-0.4, -0.2) is 23.9 Å². The minimum atomic E-state index is -0.796. The third-order valence-electron chi connectivity index (χ3n) is 4.23. The molecule has 0 saturated heterocycles. The zero-order valence-electron chi connectivity index (χ0n) is 10.6. The highest BCUT2D eigenvalue weighted by Gasteiger charge is 2.48. The molecule has 1 aliphatic rings. The van der Waals surface area contributed by atoms with Gasteiger partial charge in [-0.25, -0.2) is 0 Å². The molecular formula is C14H21NO2. The van der Waals surface area contributed by atoms with Crippen molar-refractivity contribution in [1.82, 2.24) is 0 Å². The number of rotatable bonds is 3. The van der Waals surface area contributed by atoms with Gasteiger partial charge in [0.05, 0.1) is 12.2 Å². The van der Waals surface area contributed by atoms with Crippen molar-refractivity contribution in [2.45, 2.75) is 32.3 Å². The van der Waals surface area contributed by atoms with Crippen LogP contribution >= 0.6 is 0 Å². The molecule has 2 rings (SSSR count). The van der Waals surface area contributed by atoms with E-state index in [4.69, 9.17) is 10.5 Å². The van der Waals surface area contributed by atoms with Crippen molar-refractivity contribution < 1.29 is 9.84 Å². The molecule has 0 aliphatic carbocycles. The maximum absolute atomic E-state index is 10.6. The molecule has 1 aromatic carbocycles. The first kappa shape index (κ1) is 12.4. The molecule has 3 heteroatoms. The van der Waals surface area contributed by atoms with Crippen molar-refractivity contribution in [3.05, 3.63) is 29.8 Å². The van der Waals surface area contributed by atoms with E-state index in [1.807, 2.05) is 38.1 Å². The predicted molar refractivity (Wildman–Crippen MR) is 68.0 cm³/mol. The standard InChI is InChI=1S/C14H21NO2/c1-3-13(2,16)14(9-15)8-11-6-4-5-7-12(11)17-10-14/h4-7,16H,3,8-10,15H2,1-2H3. The largest absolute Gasteiger partial charge is 0.493 e. The summed E-state index contributed by atoms with van der Waals surface area (Å²) in [6.07, 6.45) is 1.45. The number of para-hydroxylation sites is 1. The highest BCUT2D eigenvalue weighted by Crippen LogP contribution is 2.42. The van der Waals surface area contributed by atoms with Gasteiger partial charge >= 0.3 is 0 Å². The molecule has 3 nitrogen and oxygen atoms in total. The summed E-state index contributed by atoms with van der Waals surface area (Å²) >= 11 is 0. The molecule has 0 spiro atoms. The van der Waals surface area contributed by atoms with Gasteiger partial charge in [-0.2, -0.15) is 0 Å². The summed E-state index contributed by atoms with van der Waals surface area (Å²) in [5.74, 6) is 0.920. The Morgan fingerprint density at radius 1 is 1.47 bits per heavy atom. The quantitative estimate of drug-likeness (QED) is 0.839. The fourth-order valence-corrected chi connectivity index (χ4v) is 2.49. The Morgan fingerprint density at radius 2 is 2.18 bits per heavy atom. The van der Waals surface area contributed by atoms with Crippen molar-refractivity contribution >= 4 is 0 Å². The van der Waals surface area contributed by atoms with Gasteiger partial charge in [-0.05, 0) is 31.4 Å². The van der Waals surface area contributed by atoms with Gasteiger partial charge in [0.25, 0.3) is 0 Å². The van der Waals surface area contributed by atoms with Gasteiger partial charge in [0.2, 0.25) is 0 Å². The topological polar surface area (TPSA) is 55.5 Å². The maximum atomic E-state index is 10.6. The fraction of sp³-hybridized carbons (Fsp3) is 0.571. The van der Waals surface area contributed by atoms with Gasteiger partial charge in [0, 0.05) is 12.0 Å². The second-order valence-electron chi connectivity index (χ2n) is 5.19. The van der Waals surface area contributed by atoms with Crippen molar-refractivity contribution in [2.75, 3.05) is 13.2 Å². The summed E-state index contributed by atoms with van der Waals surface area (Å²) in [5.41, 5.74) is 5.88. The number of benzene rings is 1. The summed E-state index contributed by atoms with van der Waals surface area (Å²) in [7, 11) is 0. The van der Waals surface area contributed by atoms with E-state index in [9.17, 15) is 5.11 Å². The van der Waals surface area contributed by atoms with Gasteiger partial charge in [0.15, 0.2) is 0 Å². The number of hydrogen-bond donors (Lipinski definition) is 2. The molecule has 0 bridgehead atoms. The minimum absolute atomic E-state index is 0.379. The van der Waals surface area contributed by atoms with Crippen LogP contribution in [0.5, 0.6) is 5.75 Å². The molecule has 1 heterocycles. The van der Waals surface area contributed by atoms with Gasteiger partial charge < -0.3 is 15.6 Å². The molecule has 3 N–H and O–H groups in total. The molecule has 1 aromatic rings. The highest BCUT2D eigenvalue weighted by molar-refractivity contribution is 5.37. The molecule has 0 radical (unpaired) electrons. The Hall–Kier alpha value is -1.06. The molecule has 1 aliphatic heterocycles. The molecule has 2 unspecified atom stereocenters. The van der Waals surface area contributed by atoms with Gasteiger partial charge in [-0.15, -0.1) is 0 Å². The molecular weight excluding hydrogens is 214 g/mol. The van der Waals surface area contributed by atoms with E-state index in [0.29, 0.717) is 19.6 Å². The van der Waals surface area contributed by atoms with Gasteiger partial charge in [-0.3, -0.25) is 0 Å². The second-order valence-corrected chi connectivity index (χ2v) is 5.19. The van der Waals surface area contributed by atoms with E-state index in [1.54, 1.807) is 0 Å². The molecule has 0 fully saturated rings. The number of fused-ring (bicyclic) bond motifs is 1. The van der Waals surface area contributed by atoms with Crippen LogP contribution in [0.25, 0.3) is 0 Å². The maximum Gasteiger partial charge on any atom is 0.122 e. The van der Waals surface area contributed by atoms with E-state index in [1.165, 1.54) is 0 Å². The van der Waals surface area contributed by atoms with E-state index in [0.717, 1.165) is 17.7 Å². The average Bonchev–Trinajstić information content (AvgIpc) is 2.37. The summed E-state index contributed by atoms with van der Waals surface area (Å²) in [4.78, 5) is 0. The second kappa shape index (κ2) is 4.31. The lowest BCUT2D eigenvalue weighted by molar-refractivity contribution is -0.0959. The molecule has 2 atom stereocenters.